The SMILES string of the molecule is O=C(NCc1ccccc1CO)NC1CCc2cc(Cl)ccc21. The lowest BCUT2D eigenvalue weighted by Crippen LogP contribution is -2.37. The molecular weight excluding hydrogens is 312 g/mol. The molecule has 1 aliphatic carbocycles. The van der Waals surface area contributed by atoms with Crippen LogP contribution in [0.5, 0.6) is 0 Å². The molecule has 0 spiro atoms. The molecule has 0 fully saturated rings. The summed E-state index contributed by atoms with van der Waals surface area (Å²) in [4.78, 5) is 12.1. The van der Waals surface area contributed by atoms with E-state index in [2.05, 4.69) is 10.6 Å². The minimum atomic E-state index is -0.203. The Kier molecular flexibility index (Phi) is 4.84. The van der Waals surface area contributed by atoms with Gasteiger partial charge < -0.3 is 15.7 Å². The van der Waals surface area contributed by atoms with Crippen LogP contribution in [0.4, 0.5) is 4.79 Å². The fourth-order valence-corrected chi connectivity index (χ4v) is 3.20. The lowest BCUT2D eigenvalue weighted by Gasteiger charge is -2.15. The van der Waals surface area contributed by atoms with E-state index in [-0.39, 0.29) is 18.7 Å². The molecule has 0 radical (unpaired) electrons. The van der Waals surface area contributed by atoms with E-state index >= 15 is 0 Å². The molecule has 0 bridgehead atoms. The van der Waals surface area contributed by atoms with Crippen LogP contribution in [-0.4, -0.2) is 11.1 Å². The van der Waals surface area contributed by atoms with E-state index in [4.69, 9.17) is 11.6 Å². The van der Waals surface area contributed by atoms with Crippen molar-refractivity contribution in [3.05, 3.63) is 69.7 Å². The predicted molar refractivity (Wildman–Crippen MR) is 90.3 cm³/mol. The molecule has 0 aliphatic heterocycles. The van der Waals surface area contributed by atoms with Gasteiger partial charge in [-0.2, -0.15) is 0 Å². The van der Waals surface area contributed by atoms with Crippen molar-refractivity contribution < 1.29 is 9.90 Å². The van der Waals surface area contributed by atoms with Crippen LogP contribution in [0, 0.1) is 0 Å². The molecule has 5 heteroatoms. The fraction of sp³-hybridized carbons (Fsp3) is 0.278. The molecule has 1 atom stereocenters. The number of carbonyl (C=O) groups excluding carboxylic acids is 1. The van der Waals surface area contributed by atoms with Crippen molar-refractivity contribution in [3.8, 4) is 0 Å². The number of fused-ring (bicyclic) bond motifs is 1. The van der Waals surface area contributed by atoms with E-state index in [0.29, 0.717) is 6.54 Å². The number of hydrogen-bond donors (Lipinski definition) is 3. The molecule has 1 aliphatic rings. The minimum absolute atomic E-state index is 0.0235. The second-order valence-corrected chi connectivity index (χ2v) is 6.12. The molecule has 0 aromatic heterocycles. The Morgan fingerprint density at radius 2 is 2.00 bits per heavy atom. The number of carbonyl (C=O) groups is 1. The molecule has 1 unspecified atom stereocenters. The number of urea groups is 1. The summed E-state index contributed by atoms with van der Waals surface area (Å²) in [5.74, 6) is 0. The van der Waals surface area contributed by atoms with Gasteiger partial charge in [0, 0.05) is 11.6 Å². The Morgan fingerprint density at radius 1 is 1.22 bits per heavy atom. The molecule has 2 aromatic carbocycles. The predicted octanol–water partition coefficient (Wildman–Crippen LogP) is 3.32. The standard InChI is InChI=1S/C18H19ClN2O2/c19-15-6-7-16-12(9-15)5-8-17(16)21-18(23)20-10-13-3-1-2-4-14(13)11-22/h1-4,6-7,9,17,22H,5,8,10-11H2,(H2,20,21,23). The molecule has 0 saturated carbocycles. The zero-order valence-electron chi connectivity index (χ0n) is 12.7. The summed E-state index contributed by atoms with van der Waals surface area (Å²) < 4.78 is 0. The van der Waals surface area contributed by atoms with Crippen LogP contribution in [-0.2, 0) is 19.6 Å². The topological polar surface area (TPSA) is 61.4 Å². The van der Waals surface area contributed by atoms with Crippen molar-refractivity contribution in [2.75, 3.05) is 0 Å². The molecule has 120 valence electrons. The minimum Gasteiger partial charge on any atom is -0.392 e. The van der Waals surface area contributed by atoms with Crippen molar-refractivity contribution >= 4 is 17.6 Å². The summed E-state index contributed by atoms with van der Waals surface area (Å²) in [5.41, 5.74) is 4.09. The van der Waals surface area contributed by atoms with Gasteiger partial charge in [-0.1, -0.05) is 41.9 Å². The smallest absolute Gasteiger partial charge is 0.315 e. The van der Waals surface area contributed by atoms with Gasteiger partial charge in [-0.05, 0) is 47.2 Å². The maximum absolute atomic E-state index is 12.1. The number of aliphatic hydroxyl groups excluding tert-OH is 1. The molecule has 3 N–H and O–H groups in total. The highest BCUT2D eigenvalue weighted by Crippen LogP contribution is 2.32. The third-order valence-electron chi connectivity index (χ3n) is 4.22. The van der Waals surface area contributed by atoms with Crippen LogP contribution in [0.3, 0.4) is 0 Å². The van der Waals surface area contributed by atoms with Crippen LogP contribution in [0.15, 0.2) is 42.5 Å². The lowest BCUT2D eigenvalue weighted by atomic mass is 10.1. The Balaban J connectivity index is 1.59. The third-order valence-corrected chi connectivity index (χ3v) is 4.45. The summed E-state index contributed by atoms with van der Waals surface area (Å²) in [6, 6.07) is 13.1. The quantitative estimate of drug-likeness (QED) is 0.805. The van der Waals surface area contributed by atoms with E-state index in [0.717, 1.165) is 34.6 Å². The summed E-state index contributed by atoms with van der Waals surface area (Å²) in [5, 5.41) is 15.9. The van der Waals surface area contributed by atoms with Crippen LogP contribution >= 0.6 is 11.6 Å². The molecule has 2 amide bonds. The van der Waals surface area contributed by atoms with E-state index in [1.54, 1.807) is 0 Å². The first-order valence-corrected chi connectivity index (χ1v) is 8.05. The average molecular weight is 331 g/mol. The van der Waals surface area contributed by atoms with Gasteiger partial charge in [0.1, 0.15) is 0 Å². The highest BCUT2D eigenvalue weighted by atomic mass is 35.5. The fourth-order valence-electron chi connectivity index (χ4n) is 3.01. The number of nitrogens with one attached hydrogen (secondary N) is 2. The normalized spacial score (nSPS) is 16.0. The van der Waals surface area contributed by atoms with Crippen molar-refractivity contribution in [2.24, 2.45) is 0 Å². The monoisotopic (exact) mass is 330 g/mol. The van der Waals surface area contributed by atoms with E-state index in [1.165, 1.54) is 5.56 Å². The van der Waals surface area contributed by atoms with E-state index in [1.807, 2.05) is 42.5 Å². The van der Waals surface area contributed by atoms with Crippen molar-refractivity contribution in [1.82, 2.24) is 10.6 Å². The Morgan fingerprint density at radius 3 is 2.78 bits per heavy atom. The first kappa shape index (κ1) is 15.8. The van der Waals surface area contributed by atoms with Gasteiger partial charge >= 0.3 is 6.03 Å². The number of rotatable bonds is 4. The summed E-state index contributed by atoms with van der Waals surface area (Å²) >= 11 is 6.00. The number of halogens is 1. The maximum Gasteiger partial charge on any atom is 0.315 e. The first-order chi connectivity index (χ1) is 11.2. The number of amides is 2. The zero-order chi connectivity index (χ0) is 16.2. The van der Waals surface area contributed by atoms with E-state index < -0.39 is 0 Å². The van der Waals surface area contributed by atoms with Crippen molar-refractivity contribution in [2.45, 2.75) is 32.0 Å². The first-order valence-electron chi connectivity index (χ1n) is 7.67. The summed E-state index contributed by atoms with van der Waals surface area (Å²) in [7, 11) is 0. The van der Waals surface area contributed by atoms with Gasteiger partial charge in [-0.25, -0.2) is 4.79 Å². The van der Waals surface area contributed by atoms with Crippen molar-refractivity contribution in [1.29, 1.82) is 0 Å². The van der Waals surface area contributed by atoms with E-state index in [9.17, 15) is 9.90 Å². The number of aliphatic hydroxyl groups is 1. The van der Waals surface area contributed by atoms with Gasteiger partial charge in [-0.15, -0.1) is 0 Å². The van der Waals surface area contributed by atoms with Gasteiger partial charge in [0.15, 0.2) is 0 Å². The summed E-state index contributed by atoms with van der Waals surface area (Å²) in [6.45, 7) is 0.360. The number of aryl methyl sites for hydroxylation is 1. The Hall–Kier alpha value is -2.04. The van der Waals surface area contributed by atoms with Crippen LogP contribution in [0.2, 0.25) is 5.02 Å². The third kappa shape index (κ3) is 3.66. The zero-order valence-corrected chi connectivity index (χ0v) is 13.4. The highest BCUT2D eigenvalue weighted by molar-refractivity contribution is 6.30. The van der Waals surface area contributed by atoms with Gasteiger partial charge in [0.2, 0.25) is 0 Å². The Bertz CT molecular complexity index is 718. The Labute approximate surface area is 140 Å². The van der Waals surface area contributed by atoms with Crippen molar-refractivity contribution in [3.63, 3.8) is 0 Å². The van der Waals surface area contributed by atoms with Gasteiger partial charge in [-0.3, -0.25) is 0 Å². The molecule has 23 heavy (non-hydrogen) atoms. The second-order valence-electron chi connectivity index (χ2n) is 5.69. The molecule has 0 heterocycles. The largest absolute Gasteiger partial charge is 0.392 e. The maximum atomic E-state index is 12.1. The molecule has 2 aromatic rings. The molecule has 4 nitrogen and oxygen atoms in total. The molecule has 3 rings (SSSR count). The van der Waals surface area contributed by atoms with Gasteiger partial charge in [0.25, 0.3) is 0 Å². The summed E-state index contributed by atoms with van der Waals surface area (Å²) in [6.07, 6.45) is 1.81. The van der Waals surface area contributed by atoms with Crippen LogP contribution < -0.4 is 10.6 Å². The lowest BCUT2D eigenvalue weighted by molar-refractivity contribution is 0.236. The van der Waals surface area contributed by atoms with Gasteiger partial charge in [0.05, 0.1) is 12.6 Å². The second kappa shape index (κ2) is 7.02. The van der Waals surface area contributed by atoms with Crippen LogP contribution in [0.1, 0.15) is 34.7 Å². The average Bonchev–Trinajstić information content (AvgIpc) is 2.95. The number of hydrogen-bond acceptors (Lipinski definition) is 2. The van der Waals surface area contributed by atoms with Crippen LogP contribution in [0.25, 0.3) is 0 Å². The highest BCUT2D eigenvalue weighted by Gasteiger charge is 2.23. The molecule has 0 saturated heterocycles. The molecular formula is C18H19ClN2O2. The number of benzene rings is 2.